The number of carbonyl (C=O) groups excluding carboxylic acids is 1. The fourth-order valence-corrected chi connectivity index (χ4v) is 3.22. The van der Waals surface area contributed by atoms with E-state index in [1.54, 1.807) is 20.3 Å². The van der Waals surface area contributed by atoms with Crippen molar-refractivity contribution in [3.8, 4) is 11.5 Å². The Hall–Kier alpha value is -1.99. The zero-order chi connectivity index (χ0) is 16.2. The molecule has 0 amide bonds. The minimum absolute atomic E-state index is 0.0589. The summed E-state index contributed by atoms with van der Waals surface area (Å²) in [4.78, 5) is 18.8. The maximum absolute atomic E-state index is 12.2. The summed E-state index contributed by atoms with van der Waals surface area (Å²) in [7, 11) is 3.20. The second-order valence-electron chi connectivity index (χ2n) is 5.02. The molecule has 0 aromatic heterocycles. The highest BCUT2D eigenvalue weighted by Gasteiger charge is 2.27. The topological polar surface area (TPSA) is 60.4 Å². The molecule has 7 heteroatoms. The molecule has 23 heavy (non-hydrogen) atoms. The molecule has 0 unspecified atom stereocenters. The second kappa shape index (κ2) is 7.06. The Balaban J connectivity index is 1.89. The van der Waals surface area contributed by atoms with Gasteiger partial charge in [0.05, 0.1) is 27.4 Å². The second-order valence-corrected chi connectivity index (χ2v) is 5.96. The standard InChI is InChI=1S/C16H18N2O4S/c1-20-12-3-4-14(21-2)11(9-12)10-13-15(19)23-16(17-13)18-5-7-22-8-6-18/h3-4,9-10H,5-8H2,1-2H3/b13-10-. The van der Waals surface area contributed by atoms with Crippen LogP contribution in [0, 0.1) is 0 Å². The molecule has 122 valence electrons. The fraction of sp³-hybridized carbons (Fsp3) is 0.375. The quantitative estimate of drug-likeness (QED) is 0.788. The van der Waals surface area contributed by atoms with Gasteiger partial charge >= 0.3 is 0 Å². The van der Waals surface area contributed by atoms with Crippen LogP contribution in [0.5, 0.6) is 11.5 Å². The third-order valence-corrected chi connectivity index (χ3v) is 4.55. The third-order valence-electron chi connectivity index (χ3n) is 3.62. The van der Waals surface area contributed by atoms with E-state index in [9.17, 15) is 4.79 Å². The Labute approximate surface area is 139 Å². The van der Waals surface area contributed by atoms with E-state index in [0.29, 0.717) is 30.4 Å². The molecule has 0 N–H and O–H groups in total. The lowest BCUT2D eigenvalue weighted by atomic mass is 10.1. The van der Waals surface area contributed by atoms with Crippen LogP contribution in [0.15, 0.2) is 28.9 Å². The van der Waals surface area contributed by atoms with Crippen LogP contribution in [0.3, 0.4) is 0 Å². The minimum Gasteiger partial charge on any atom is -0.497 e. The highest BCUT2D eigenvalue weighted by atomic mass is 32.2. The summed E-state index contributed by atoms with van der Waals surface area (Å²) in [5, 5.41) is 0.683. The Kier molecular flexibility index (Phi) is 4.88. The number of carbonyl (C=O) groups is 1. The summed E-state index contributed by atoms with van der Waals surface area (Å²) >= 11 is 1.16. The molecule has 2 aliphatic heterocycles. The Morgan fingerprint density at radius 2 is 2.04 bits per heavy atom. The van der Waals surface area contributed by atoms with Crippen molar-refractivity contribution in [3.63, 3.8) is 0 Å². The van der Waals surface area contributed by atoms with Gasteiger partial charge in [-0.05, 0) is 36.0 Å². The molecular weight excluding hydrogens is 316 g/mol. The summed E-state index contributed by atoms with van der Waals surface area (Å²) in [5.74, 6) is 1.37. The van der Waals surface area contributed by atoms with E-state index in [0.717, 1.165) is 35.6 Å². The van der Waals surface area contributed by atoms with E-state index < -0.39 is 0 Å². The number of aliphatic imine (C=N–C) groups is 1. The molecule has 0 saturated carbocycles. The molecule has 0 aliphatic carbocycles. The van der Waals surface area contributed by atoms with Crippen LogP contribution in [-0.2, 0) is 9.53 Å². The van der Waals surface area contributed by atoms with Gasteiger partial charge in [0.1, 0.15) is 17.2 Å². The van der Waals surface area contributed by atoms with Crippen molar-refractivity contribution in [2.75, 3.05) is 40.5 Å². The number of thioether (sulfide) groups is 1. The van der Waals surface area contributed by atoms with Crippen molar-refractivity contribution in [2.45, 2.75) is 0 Å². The summed E-state index contributed by atoms with van der Waals surface area (Å²) in [6, 6.07) is 5.45. The van der Waals surface area contributed by atoms with Gasteiger partial charge in [0, 0.05) is 18.7 Å². The highest BCUT2D eigenvalue weighted by molar-refractivity contribution is 8.27. The van der Waals surface area contributed by atoms with Crippen molar-refractivity contribution < 1.29 is 19.0 Å². The highest BCUT2D eigenvalue weighted by Crippen LogP contribution is 2.31. The molecule has 3 rings (SSSR count). The van der Waals surface area contributed by atoms with Crippen LogP contribution in [0.25, 0.3) is 6.08 Å². The number of ether oxygens (including phenoxy) is 3. The zero-order valence-electron chi connectivity index (χ0n) is 13.1. The van der Waals surface area contributed by atoms with E-state index >= 15 is 0 Å². The third kappa shape index (κ3) is 3.51. The Morgan fingerprint density at radius 3 is 2.74 bits per heavy atom. The first-order valence-corrected chi connectivity index (χ1v) is 8.10. The first kappa shape index (κ1) is 15.9. The molecule has 6 nitrogen and oxygen atoms in total. The van der Waals surface area contributed by atoms with E-state index in [1.165, 1.54) is 0 Å². The molecule has 1 fully saturated rings. The number of hydrogen-bond acceptors (Lipinski definition) is 7. The van der Waals surface area contributed by atoms with Gasteiger partial charge in [-0.15, -0.1) is 0 Å². The van der Waals surface area contributed by atoms with Gasteiger partial charge in [0.25, 0.3) is 0 Å². The summed E-state index contributed by atoms with van der Waals surface area (Å²) < 4.78 is 15.9. The van der Waals surface area contributed by atoms with Crippen LogP contribution in [0.4, 0.5) is 0 Å². The molecule has 0 bridgehead atoms. The van der Waals surface area contributed by atoms with Gasteiger partial charge in [-0.3, -0.25) is 4.79 Å². The fourth-order valence-electron chi connectivity index (χ4n) is 2.39. The number of rotatable bonds is 3. The lowest BCUT2D eigenvalue weighted by molar-refractivity contribution is -0.107. The summed E-state index contributed by atoms with van der Waals surface area (Å²) in [6.07, 6.45) is 1.74. The first-order valence-electron chi connectivity index (χ1n) is 7.28. The van der Waals surface area contributed by atoms with Crippen LogP contribution < -0.4 is 9.47 Å². The molecule has 0 atom stereocenters. The van der Waals surface area contributed by atoms with Gasteiger partial charge in [0.15, 0.2) is 5.17 Å². The van der Waals surface area contributed by atoms with Gasteiger partial charge in [-0.2, -0.15) is 0 Å². The molecule has 2 heterocycles. The van der Waals surface area contributed by atoms with Crippen molar-refractivity contribution >= 4 is 28.1 Å². The van der Waals surface area contributed by atoms with Crippen LogP contribution in [0.2, 0.25) is 0 Å². The lowest BCUT2D eigenvalue weighted by Crippen LogP contribution is -2.38. The smallest absolute Gasteiger partial charge is 0.245 e. The molecule has 2 aliphatic rings. The number of morpholine rings is 1. The monoisotopic (exact) mass is 334 g/mol. The molecule has 1 aromatic rings. The SMILES string of the molecule is COc1ccc(OC)c(/C=C2\N=C(N3CCOCC3)SC2=O)c1. The molecule has 0 spiro atoms. The van der Waals surface area contributed by atoms with E-state index in [2.05, 4.69) is 9.89 Å². The molecule has 1 aromatic carbocycles. The van der Waals surface area contributed by atoms with Gasteiger partial charge in [-0.25, -0.2) is 4.99 Å². The normalized spacial score (nSPS) is 19.9. The lowest BCUT2D eigenvalue weighted by Gasteiger charge is -2.27. The first-order chi connectivity index (χ1) is 11.2. The maximum atomic E-state index is 12.2. The number of methoxy groups -OCH3 is 2. The average molecular weight is 334 g/mol. The Morgan fingerprint density at radius 1 is 1.26 bits per heavy atom. The number of amidine groups is 1. The average Bonchev–Trinajstić information content (AvgIpc) is 2.96. The van der Waals surface area contributed by atoms with Crippen LogP contribution >= 0.6 is 11.8 Å². The van der Waals surface area contributed by atoms with Crippen LogP contribution in [0.1, 0.15) is 5.56 Å². The maximum Gasteiger partial charge on any atom is 0.245 e. The Bertz CT molecular complexity index is 666. The van der Waals surface area contributed by atoms with Gasteiger partial charge in [-0.1, -0.05) is 0 Å². The summed E-state index contributed by atoms with van der Waals surface area (Å²) in [5.41, 5.74) is 1.19. The molecule has 1 saturated heterocycles. The predicted octanol–water partition coefficient (Wildman–Crippen LogP) is 2.01. The molecule has 0 radical (unpaired) electrons. The summed E-state index contributed by atoms with van der Waals surface area (Å²) in [6.45, 7) is 2.84. The van der Waals surface area contributed by atoms with Crippen molar-refractivity contribution in [2.24, 2.45) is 4.99 Å². The molecular formula is C16H18N2O4S. The number of hydrogen-bond donors (Lipinski definition) is 0. The number of benzene rings is 1. The van der Waals surface area contributed by atoms with Crippen molar-refractivity contribution in [1.82, 2.24) is 4.90 Å². The number of nitrogens with zero attached hydrogens (tertiary/aromatic N) is 2. The van der Waals surface area contributed by atoms with E-state index in [1.807, 2.05) is 18.2 Å². The van der Waals surface area contributed by atoms with E-state index in [-0.39, 0.29) is 5.12 Å². The van der Waals surface area contributed by atoms with Crippen LogP contribution in [-0.4, -0.2) is 55.7 Å². The van der Waals surface area contributed by atoms with E-state index in [4.69, 9.17) is 14.2 Å². The van der Waals surface area contributed by atoms with Gasteiger partial charge < -0.3 is 19.1 Å². The zero-order valence-corrected chi connectivity index (χ0v) is 13.9. The van der Waals surface area contributed by atoms with Crippen molar-refractivity contribution in [1.29, 1.82) is 0 Å². The largest absolute Gasteiger partial charge is 0.497 e. The minimum atomic E-state index is -0.0589. The predicted molar refractivity (Wildman–Crippen MR) is 89.9 cm³/mol. The van der Waals surface area contributed by atoms with Crippen molar-refractivity contribution in [3.05, 3.63) is 29.5 Å². The van der Waals surface area contributed by atoms with Gasteiger partial charge in [0.2, 0.25) is 5.12 Å².